The Hall–Kier alpha value is -2.44. The zero-order chi connectivity index (χ0) is 25.2. The van der Waals surface area contributed by atoms with Crippen LogP contribution < -0.4 is 4.74 Å². The Labute approximate surface area is 210 Å². The van der Waals surface area contributed by atoms with E-state index in [1.807, 2.05) is 61.5 Å². The van der Waals surface area contributed by atoms with Gasteiger partial charge in [-0.1, -0.05) is 87.0 Å². The van der Waals surface area contributed by atoms with Crippen molar-refractivity contribution in [2.45, 2.75) is 52.8 Å². The molecule has 0 bridgehead atoms. The lowest BCUT2D eigenvalue weighted by Gasteiger charge is -2.33. The lowest BCUT2D eigenvalue weighted by atomic mass is 9.91. The van der Waals surface area contributed by atoms with Crippen molar-refractivity contribution in [2.24, 2.45) is 17.8 Å². The van der Waals surface area contributed by atoms with Gasteiger partial charge in [-0.05, 0) is 24.6 Å². The van der Waals surface area contributed by atoms with Crippen LogP contribution in [0.5, 0.6) is 5.75 Å². The van der Waals surface area contributed by atoms with E-state index in [0.717, 1.165) is 22.4 Å². The first kappa shape index (κ1) is 27.2. The lowest BCUT2D eigenvalue weighted by molar-refractivity contribution is -0.225. The molecule has 0 unspecified atom stereocenters. The fraction of sp³-hybridized carbons (Fsp3) is 0.467. The minimum absolute atomic E-state index is 0.0155. The predicted octanol–water partition coefficient (Wildman–Crippen LogP) is 6.10. The minimum Gasteiger partial charge on any atom is -0.497 e. The number of rotatable bonds is 11. The van der Waals surface area contributed by atoms with Gasteiger partial charge < -0.3 is 24.1 Å². The Morgan fingerprint density at radius 1 is 1.11 bits per heavy atom. The van der Waals surface area contributed by atoms with Gasteiger partial charge in [-0.3, -0.25) is 0 Å². The highest BCUT2D eigenvalue weighted by Gasteiger charge is 2.28. The van der Waals surface area contributed by atoms with Gasteiger partial charge in [-0.25, -0.2) is 0 Å². The first-order valence-electron chi connectivity index (χ1n) is 12.4. The summed E-state index contributed by atoms with van der Waals surface area (Å²) in [7, 11) is 1.66. The van der Waals surface area contributed by atoms with E-state index >= 15 is 0 Å². The van der Waals surface area contributed by atoms with Crippen molar-refractivity contribution in [1.82, 2.24) is 0 Å². The largest absolute Gasteiger partial charge is 0.497 e. The summed E-state index contributed by atoms with van der Waals surface area (Å²) in [6.07, 6.45) is 5.99. The molecule has 1 heterocycles. The van der Waals surface area contributed by atoms with Crippen molar-refractivity contribution in [3.05, 3.63) is 89.5 Å². The van der Waals surface area contributed by atoms with Gasteiger partial charge in [-0.2, -0.15) is 0 Å². The third kappa shape index (κ3) is 8.04. The summed E-state index contributed by atoms with van der Waals surface area (Å²) in [5.74, 6) is 1.24. The second-order valence-corrected chi connectivity index (χ2v) is 9.57. The molecule has 6 atom stereocenters. The Morgan fingerprint density at radius 3 is 2.49 bits per heavy atom. The van der Waals surface area contributed by atoms with Crippen molar-refractivity contribution in [1.29, 1.82) is 0 Å². The molecule has 1 aliphatic rings. The Morgan fingerprint density at radius 2 is 1.83 bits per heavy atom. The van der Waals surface area contributed by atoms with Gasteiger partial charge in [0.05, 0.1) is 32.5 Å². The number of allylic oxidation sites excluding steroid dienone is 2. The molecule has 2 aromatic carbocycles. The van der Waals surface area contributed by atoms with Crippen molar-refractivity contribution < 1.29 is 24.1 Å². The Bertz CT molecular complexity index is 937. The van der Waals surface area contributed by atoms with Crippen molar-refractivity contribution in [2.75, 3.05) is 20.3 Å². The Kier molecular flexibility index (Phi) is 10.5. The minimum atomic E-state index is -0.341. The molecule has 3 rings (SSSR count). The summed E-state index contributed by atoms with van der Waals surface area (Å²) in [4.78, 5) is 0. The monoisotopic (exact) mass is 480 g/mol. The standard InChI is InChI=1S/C30H40O5/c1-21(11-16-28-24(4)19-34-30(35-28)26-9-7-6-8-10-26)17-22(2)29(23(3)18-31)33-20-25-12-14-27(32-5)15-13-25/h6-17,22-24,28-31H,18-20H2,1-5H3/b16-11+,21-17+/t22-,23+,24+,28-,29+,30+/m1/s1. The summed E-state index contributed by atoms with van der Waals surface area (Å²) >= 11 is 0. The van der Waals surface area contributed by atoms with Crippen LogP contribution in [0.25, 0.3) is 0 Å². The molecule has 0 radical (unpaired) electrons. The third-order valence-corrected chi connectivity index (χ3v) is 6.47. The number of ether oxygens (including phenoxy) is 4. The number of methoxy groups -OCH3 is 1. The number of aliphatic hydroxyl groups excluding tert-OH is 1. The Balaban J connectivity index is 1.62. The van der Waals surface area contributed by atoms with E-state index in [1.54, 1.807) is 7.11 Å². The third-order valence-electron chi connectivity index (χ3n) is 6.47. The van der Waals surface area contributed by atoms with Gasteiger partial charge in [0, 0.05) is 29.9 Å². The molecule has 1 aliphatic heterocycles. The summed E-state index contributed by atoms with van der Waals surface area (Å²) in [5.41, 5.74) is 3.25. The highest BCUT2D eigenvalue weighted by Crippen LogP contribution is 2.30. The molecule has 0 spiro atoms. The molecule has 190 valence electrons. The molecule has 1 N–H and O–H groups in total. The van der Waals surface area contributed by atoms with Crippen LogP contribution in [-0.2, 0) is 20.8 Å². The summed E-state index contributed by atoms with van der Waals surface area (Å²) in [6.45, 7) is 9.62. The van der Waals surface area contributed by atoms with Crippen LogP contribution in [0.15, 0.2) is 78.4 Å². The molecule has 1 fully saturated rings. The zero-order valence-electron chi connectivity index (χ0n) is 21.6. The average molecular weight is 481 g/mol. The van der Waals surface area contributed by atoms with E-state index in [4.69, 9.17) is 18.9 Å². The van der Waals surface area contributed by atoms with Crippen molar-refractivity contribution in [3.63, 3.8) is 0 Å². The fourth-order valence-electron chi connectivity index (χ4n) is 4.33. The van der Waals surface area contributed by atoms with Crippen molar-refractivity contribution in [3.8, 4) is 5.75 Å². The molecule has 5 nitrogen and oxygen atoms in total. The van der Waals surface area contributed by atoms with Gasteiger partial charge in [0.25, 0.3) is 0 Å². The summed E-state index contributed by atoms with van der Waals surface area (Å²) in [5, 5.41) is 9.82. The molecule has 35 heavy (non-hydrogen) atoms. The average Bonchev–Trinajstić information content (AvgIpc) is 2.89. The van der Waals surface area contributed by atoms with Gasteiger partial charge >= 0.3 is 0 Å². The molecule has 2 aromatic rings. The lowest BCUT2D eigenvalue weighted by Crippen LogP contribution is -2.33. The van der Waals surface area contributed by atoms with Gasteiger partial charge in [-0.15, -0.1) is 0 Å². The highest BCUT2D eigenvalue weighted by atomic mass is 16.7. The SMILES string of the molecule is COc1ccc(CO[C@@H]([C@H](C)/C=C(C)/C=C/[C@H]2O[C@@H](c3ccccc3)OC[C@@H]2C)[C@@H](C)CO)cc1. The van der Waals surface area contributed by atoms with E-state index < -0.39 is 0 Å². The van der Waals surface area contributed by atoms with Gasteiger partial charge in [0.15, 0.2) is 6.29 Å². The first-order valence-corrected chi connectivity index (χ1v) is 12.4. The smallest absolute Gasteiger partial charge is 0.184 e. The highest BCUT2D eigenvalue weighted by molar-refractivity contribution is 5.26. The summed E-state index contributed by atoms with van der Waals surface area (Å²) < 4.78 is 23.7. The topological polar surface area (TPSA) is 57.2 Å². The molecule has 1 saturated heterocycles. The van der Waals surface area contributed by atoms with Crippen LogP contribution in [0.1, 0.15) is 45.1 Å². The maximum atomic E-state index is 9.82. The van der Waals surface area contributed by atoms with Gasteiger partial charge in [0.2, 0.25) is 0 Å². The predicted molar refractivity (Wildman–Crippen MR) is 139 cm³/mol. The molecule has 0 amide bonds. The van der Waals surface area contributed by atoms with E-state index in [-0.39, 0.29) is 42.9 Å². The quantitative estimate of drug-likeness (QED) is 0.394. The van der Waals surface area contributed by atoms with E-state index in [1.165, 1.54) is 0 Å². The molecular formula is C30H40O5. The van der Waals surface area contributed by atoms with Crippen LogP contribution in [0, 0.1) is 17.8 Å². The maximum Gasteiger partial charge on any atom is 0.184 e. The summed E-state index contributed by atoms with van der Waals surface area (Å²) in [6, 6.07) is 17.9. The van der Waals surface area contributed by atoms with Crippen LogP contribution >= 0.6 is 0 Å². The fourth-order valence-corrected chi connectivity index (χ4v) is 4.33. The maximum absolute atomic E-state index is 9.82. The molecule has 0 aliphatic carbocycles. The molecule has 0 saturated carbocycles. The van der Waals surface area contributed by atoms with Crippen LogP contribution in [-0.4, -0.2) is 37.6 Å². The number of hydrogen-bond acceptors (Lipinski definition) is 5. The van der Waals surface area contributed by atoms with E-state index in [9.17, 15) is 5.11 Å². The first-order chi connectivity index (χ1) is 16.9. The van der Waals surface area contributed by atoms with Crippen LogP contribution in [0.4, 0.5) is 0 Å². The van der Waals surface area contributed by atoms with Gasteiger partial charge in [0.1, 0.15) is 5.75 Å². The zero-order valence-corrected chi connectivity index (χ0v) is 21.6. The van der Waals surface area contributed by atoms with E-state index in [0.29, 0.717) is 13.2 Å². The number of aliphatic hydroxyl groups is 1. The molecular weight excluding hydrogens is 440 g/mol. The second-order valence-electron chi connectivity index (χ2n) is 9.57. The van der Waals surface area contributed by atoms with Crippen LogP contribution in [0.2, 0.25) is 0 Å². The van der Waals surface area contributed by atoms with Crippen LogP contribution in [0.3, 0.4) is 0 Å². The molecule has 5 heteroatoms. The van der Waals surface area contributed by atoms with E-state index in [2.05, 4.69) is 39.0 Å². The normalized spacial score (nSPS) is 23.7. The number of benzene rings is 2. The van der Waals surface area contributed by atoms with Crippen molar-refractivity contribution >= 4 is 0 Å². The second kappa shape index (κ2) is 13.6. The number of hydrogen-bond donors (Lipinski definition) is 1. The molecule has 0 aromatic heterocycles.